The summed E-state index contributed by atoms with van der Waals surface area (Å²) in [5, 5.41) is 1.56. The third kappa shape index (κ3) is 3.58. The fraction of sp³-hybridized carbons (Fsp3) is 0.160. The maximum Gasteiger partial charge on any atom is 0.345 e. The van der Waals surface area contributed by atoms with Gasteiger partial charge >= 0.3 is 11.9 Å². The van der Waals surface area contributed by atoms with E-state index < -0.39 is 5.97 Å². The molecule has 0 aliphatic heterocycles. The van der Waals surface area contributed by atoms with E-state index >= 15 is 0 Å². The molecule has 0 atom stereocenters. The Balaban J connectivity index is 1.49. The summed E-state index contributed by atoms with van der Waals surface area (Å²) in [6, 6.07) is 16.8. The lowest BCUT2D eigenvalue weighted by molar-refractivity contribution is 0.0695. The molecule has 0 aliphatic rings. The average molecular weight is 490 g/mol. The molecule has 0 saturated carbocycles. The molecule has 3 heterocycles. The van der Waals surface area contributed by atoms with E-state index in [4.69, 9.17) is 14.1 Å². The molecule has 0 N–H and O–H groups in total. The van der Waals surface area contributed by atoms with Gasteiger partial charge in [0.15, 0.2) is 10.3 Å². The van der Waals surface area contributed by atoms with Crippen LogP contribution in [0.4, 0.5) is 0 Å². The number of esters is 1. The van der Waals surface area contributed by atoms with Crippen LogP contribution in [-0.2, 0) is 13.0 Å². The van der Waals surface area contributed by atoms with Crippen LogP contribution in [0, 0.1) is 6.92 Å². The zero-order valence-corrected chi connectivity index (χ0v) is 19.2. The number of carbonyl (C=O) groups excluding carboxylic acids is 1. The Morgan fingerprint density at radius 3 is 2.72 bits per heavy atom. The molecule has 0 saturated heterocycles. The van der Waals surface area contributed by atoms with Gasteiger partial charge in [0.1, 0.15) is 11.3 Å². The Morgan fingerprint density at radius 1 is 1.12 bits per heavy atom. The predicted molar refractivity (Wildman–Crippen MR) is 126 cm³/mol. The van der Waals surface area contributed by atoms with E-state index in [9.17, 15) is 4.79 Å². The molecule has 0 amide bonds. The summed E-state index contributed by atoms with van der Waals surface area (Å²) in [6.07, 6.45) is 2.63. The van der Waals surface area contributed by atoms with Crippen LogP contribution in [0.3, 0.4) is 0 Å². The van der Waals surface area contributed by atoms with Crippen molar-refractivity contribution in [2.24, 2.45) is 0 Å². The lowest BCUT2D eigenvalue weighted by Gasteiger charge is -2.08. The fourth-order valence-electron chi connectivity index (χ4n) is 3.82. The number of carbonyl (C=O) groups is 1. The van der Waals surface area contributed by atoms with E-state index in [1.54, 1.807) is 24.3 Å². The number of hydrogen-bond donors (Lipinski definition) is 0. The van der Waals surface area contributed by atoms with Crippen molar-refractivity contribution in [2.75, 3.05) is 0 Å². The Hall–Kier alpha value is -3.45. The minimum absolute atomic E-state index is 0.173. The number of fused-ring (bicyclic) bond motifs is 2. The first-order chi connectivity index (χ1) is 15.5. The molecular weight excluding hydrogens is 470 g/mol. The summed E-state index contributed by atoms with van der Waals surface area (Å²) in [5.74, 6) is 0.703. The van der Waals surface area contributed by atoms with Crippen molar-refractivity contribution in [2.45, 2.75) is 26.8 Å². The summed E-state index contributed by atoms with van der Waals surface area (Å²) < 4.78 is 13.9. The second-order valence-corrected chi connectivity index (χ2v) is 8.29. The van der Waals surface area contributed by atoms with Gasteiger partial charge < -0.3 is 13.7 Å². The molecule has 7 heteroatoms. The van der Waals surface area contributed by atoms with Crippen LogP contribution < -0.4 is 4.74 Å². The first kappa shape index (κ1) is 20.5. The normalized spacial score (nSPS) is 11.3. The first-order valence-electron chi connectivity index (χ1n) is 10.3. The van der Waals surface area contributed by atoms with Gasteiger partial charge in [0, 0.05) is 18.0 Å². The Labute approximate surface area is 193 Å². The van der Waals surface area contributed by atoms with E-state index in [1.165, 1.54) is 0 Å². The molecule has 0 spiro atoms. The number of hydrogen-bond acceptors (Lipinski definition) is 5. The second kappa shape index (κ2) is 8.24. The largest absolute Gasteiger partial charge is 0.417 e. The van der Waals surface area contributed by atoms with Gasteiger partial charge in [-0.25, -0.2) is 14.8 Å². The summed E-state index contributed by atoms with van der Waals surface area (Å²) in [6.45, 7) is 4.77. The molecule has 2 aromatic carbocycles. The minimum atomic E-state index is -0.461. The van der Waals surface area contributed by atoms with Gasteiger partial charge in [-0.3, -0.25) is 0 Å². The molecule has 0 fully saturated rings. The average Bonchev–Trinajstić information content (AvgIpc) is 3.32. The highest BCUT2D eigenvalue weighted by Crippen LogP contribution is 2.37. The van der Waals surface area contributed by atoms with Gasteiger partial charge in [0.25, 0.3) is 0 Å². The third-order valence-electron chi connectivity index (χ3n) is 5.46. The van der Waals surface area contributed by atoms with Crippen LogP contribution in [-0.4, -0.2) is 20.5 Å². The number of rotatable bonds is 5. The zero-order valence-electron chi connectivity index (χ0n) is 17.6. The van der Waals surface area contributed by atoms with Gasteiger partial charge in [0.2, 0.25) is 0 Å². The number of pyridine rings is 1. The Kier molecular flexibility index (Phi) is 5.27. The van der Waals surface area contributed by atoms with Crippen LogP contribution in [0.2, 0.25) is 0 Å². The van der Waals surface area contributed by atoms with E-state index in [0.29, 0.717) is 16.8 Å². The number of benzene rings is 2. The molecule has 0 bridgehead atoms. The van der Waals surface area contributed by atoms with Crippen molar-refractivity contribution in [1.29, 1.82) is 0 Å². The van der Waals surface area contributed by atoms with Crippen LogP contribution in [0.15, 0.2) is 69.9 Å². The Bertz CT molecular complexity index is 1450. The quantitative estimate of drug-likeness (QED) is 0.280. The molecule has 32 heavy (non-hydrogen) atoms. The van der Waals surface area contributed by atoms with Crippen molar-refractivity contribution in [3.05, 3.63) is 88.0 Å². The van der Waals surface area contributed by atoms with Crippen molar-refractivity contribution in [3.63, 3.8) is 0 Å². The molecule has 0 radical (unpaired) electrons. The predicted octanol–water partition coefficient (Wildman–Crippen LogP) is 6.08. The molecule has 160 valence electrons. The number of halogens is 1. The molecule has 5 aromatic rings. The van der Waals surface area contributed by atoms with E-state index in [-0.39, 0.29) is 5.95 Å². The van der Waals surface area contributed by atoms with Crippen molar-refractivity contribution in [3.8, 4) is 5.95 Å². The van der Waals surface area contributed by atoms with Crippen molar-refractivity contribution < 1.29 is 13.9 Å². The van der Waals surface area contributed by atoms with Crippen LogP contribution in [0.25, 0.3) is 21.9 Å². The van der Waals surface area contributed by atoms with E-state index in [1.807, 2.05) is 43.5 Å². The smallest absolute Gasteiger partial charge is 0.345 e. The number of imidazole rings is 1. The lowest BCUT2D eigenvalue weighted by Crippen LogP contribution is -2.07. The monoisotopic (exact) mass is 489 g/mol. The van der Waals surface area contributed by atoms with E-state index in [0.717, 1.165) is 45.3 Å². The van der Waals surface area contributed by atoms with Crippen LogP contribution in [0.5, 0.6) is 5.95 Å². The number of aryl methyl sites for hydroxylation is 2. The fourth-order valence-corrected chi connectivity index (χ4v) is 4.29. The number of nitrogens with zero attached hydrogens (tertiary/aromatic N) is 3. The maximum atomic E-state index is 12.5. The van der Waals surface area contributed by atoms with Crippen LogP contribution >= 0.6 is 15.9 Å². The lowest BCUT2D eigenvalue weighted by atomic mass is 10.1. The summed E-state index contributed by atoms with van der Waals surface area (Å²) in [4.78, 5) is 21.8. The number of ether oxygens (including phenoxy) is 1. The summed E-state index contributed by atoms with van der Waals surface area (Å²) in [5.41, 5.74) is 4.46. The third-order valence-corrected chi connectivity index (χ3v) is 6.05. The van der Waals surface area contributed by atoms with Gasteiger partial charge in [0.05, 0.1) is 17.5 Å². The SMILES string of the molecule is CCc1nc2c(C)ccnc2n1Cc1ccc2c(OC(=O)c3ccccc3)oc(Br)c2c1. The maximum absolute atomic E-state index is 12.5. The van der Waals surface area contributed by atoms with Gasteiger partial charge in [-0.1, -0.05) is 31.2 Å². The van der Waals surface area contributed by atoms with E-state index in [2.05, 4.69) is 32.4 Å². The van der Waals surface area contributed by atoms with Gasteiger partial charge in [-0.2, -0.15) is 0 Å². The summed E-state index contributed by atoms with van der Waals surface area (Å²) in [7, 11) is 0. The highest BCUT2D eigenvalue weighted by molar-refractivity contribution is 9.10. The molecule has 3 aromatic heterocycles. The number of aromatic nitrogens is 3. The molecular formula is C25H20BrN3O3. The molecule has 0 unspecified atom stereocenters. The topological polar surface area (TPSA) is 70.2 Å². The Morgan fingerprint density at radius 2 is 1.94 bits per heavy atom. The minimum Gasteiger partial charge on any atom is -0.417 e. The number of furan rings is 1. The zero-order chi connectivity index (χ0) is 22.2. The second-order valence-electron chi connectivity index (χ2n) is 7.57. The highest BCUT2D eigenvalue weighted by Gasteiger charge is 2.19. The summed E-state index contributed by atoms with van der Waals surface area (Å²) >= 11 is 3.46. The molecule has 6 nitrogen and oxygen atoms in total. The van der Waals surface area contributed by atoms with Crippen molar-refractivity contribution >= 4 is 43.8 Å². The highest BCUT2D eigenvalue weighted by atomic mass is 79.9. The first-order valence-corrected chi connectivity index (χ1v) is 11.1. The van der Waals surface area contributed by atoms with Gasteiger partial charge in [-0.05, 0) is 64.3 Å². The van der Waals surface area contributed by atoms with Crippen molar-refractivity contribution in [1.82, 2.24) is 14.5 Å². The standard InChI is InChI=1S/C25H20BrN3O3/c1-3-20-28-21-15(2)11-12-27-23(21)29(20)14-16-9-10-18-19(13-16)22(26)31-25(18)32-24(30)17-7-5-4-6-8-17/h4-13H,3,14H2,1-2H3. The van der Waals surface area contributed by atoms with Crippen LogP contribution in [0.1, 0.15) is 34.2 Å². The molecule has 0 aliphatic carbocycles. The van der Waals surface area contributed by atoms with Gasteiger partial charge in [-0.15, -0.1) is 0 Å². The molecule has 5 rings (SSSR count).